The highest BCUT2D eigenvalue weighted by atomic mass is 14.7. The average molecular weight is 267 g/mol. The van der Waals surface area contributed by atoms with E-state index in [1.165, 1.54) is 34.4 Å². The van der Waals surface area contributed by atoms with Gasteiger partial charge in [0.25, 0.3) is 0 Å². The second kappa shape index (κ2) is 6.69. The zero-order valence-electron chi connectivity index (χ0n) is 13.2. The summed E-state index contributed by atoms with van der Waals surface area (Å²) in [5, 5.41) is 0. The Balaban J connectivity index is 2.59. The maximum absolute atomic E-state index is 5.01. The molecule has 0 N–H and O–H groups in total. The molecule has 0 amide bonds. The van der Waals surface area contributed by atoms with Gasteiger partial charge in [0.05, 0.1) is 5.69 Å². The van der Waals surface area contributed by atoms with E-state index in [2.05, 4.69) is 58.0 Å². The van der Waals surface area contributed by atoms with Crippen LogP contribution in [0.25, 0.3) is 11.3 Å². The van der Waals surface area contributed by atoms with Crippen LogP contribution < -0.4 is 0 Å². The van der Waals surface area contributed by atoms with Gasteiger partial charge in [-0.2, -0.15) is 0 Å². The van der Waals surface area contributed by atoms with Crippen LogP contribution in [-0.2, 0) is 12.8 Å². The van der Waals surface area contributed by atoms with Crippen molar-refractivity contribution in [3.63, 3.8) is 0 Å². The van der Waals surface area contributed by atoms with Crippen LogP contribution in [0.15, 0.2) is 30.3 Å². The molecule has 20 heavy (non-hydrogen) atoms. The molecule has 0 aliphatic heterocycles. The highest BCUT2D eigenvalue weighted by Gasteiger charge is 2.14. The van der Waals surface area contributed by atoms with Crippen molar-refractivity contribution in [3.8, 4) is 11.3 Å². The van der Waals surface area contributed by atoms with E-state index < -0.39 is 0 Å². The Hall–Kier alpha value is -1.63. The molecule has 106 valence electrons. The molecule has 0 radical (unpaired) electrons. The number of aromatic nitrogens is 1. The van der Waals surface area contributed by atoms with E-state index in [1.807, 2.05) is 0 Å². The lowest BCUT2D eigenvalue weighted by Crippen LogP contribution is -2.05. The van der Waals surface area contributed by atoms with Gasteiger partial charge in [0.15, 0.2) is 0 Å². The van der Waals surface area contributed by atoms with Gasteiger partial charge in [-0.3, -0.25) is 4.98 Å². The molecule has 0 saturated carbocycles. The van der Waals surface area contributed by atoms with Gasteiger partial charge in [0, 0.05) is 11.3 Å². The first-order valence-electron chi connectivity index (χ1n) is 7.73. The summed E-state index contributed by atoms with van der Waals surface area (Å²) in [6, 6.07) is 10.6. The van der Waals surface area contributed by atoms with Crippen LogP contribution in [-0.4, -0.2) is 4.98 Å². The molecule has 0 spiro atoms. The molecule has 2 rings (SSSR count). The van der Waals surface area contributed by atoms with E-state index in [1.54, 1.807) is 0 Å². The number of benzene rings is 1. The Labute approximate surface area is 123 Å². The van der Waals surface area contributed by atoms with E-state index in [-0.39, 0.29) is 0 Å². The summed E-state index contributed by atoms with van der Waals surface area (Å²) in [6.07, 6.45) is 4.56. The molecule has 0 bridgehead atoms. The van der Waals surface area contributed by atoms with Crippen LogP contribution in [0.4, 0.5) is 0 Å². The summed E-state index contributed by atoms with van der Waals surface area (Å²) in [4.78, 5) is 5.01. The minimum atomic E-state index is 1.08. The molecule has 1 heteroatoms. The summed E-state index contributed by atoms with van der Waals surface area (Å²) in [5.74, 6) is 0. The first-order chi connectivity index (χ1) is 9.69. The molecule has 0 aliphatic carbocycles. The number of hydrogen-bond acceptors (Lipinski definition) is 1. The summed E-state index contributed by atoms with van der Waals surface area (Å²) in [7, 11) is 0. The molecule has 1 nitrogen and oxygen atoms in total. The van der Waals surface area contributed by atoms with Crippen LogP contribution in [0.2, 0.25) is 0 Å². The second-order valence-electron chi connectivity index (χ2n) is 5.50. The molecule has 1 heterocycles. The van der Waals surface area contributed by atoms with Crippen LogP contribution >= 0.6 is 0 Å². The Morgan fingerprint density at radius 1 is 0.850 bits per heavy atom. The zero-order valence-corrected chi connectivity index (χ0v) is 13.2. The van der Waals surface area contributed by atoms with E-state index >= 15 is 0 Å². The average Bonchev–Trinajstić information content (AvgIpc) is 2.48. The first-order valence-corrected chi connectivity index (χ1v) is 7.73. The lowest BCUT2D eigenvalue weighted by atomic mass is 9.93. The molecule has 0 saturated heterocycles. The van der Waals surface area contributed by atoms with Crippen molar-refractivity contribution < 1.29 is 0 Å². The van der Waals surface area contributed by atoms with E-state index in [9.17, 15) is 0 Å². The Morgan fingerprint density at radius 3 is 2.10 bits per heavy atom. The molecule has 2 aromatic rings. The molecule has 0 atom stereocenters. The summed E-state index contributed by atoms with van der Waals surface area (Å²) in [5.41, 5.74) is 7.94. The molecule has 0 fully saturated rings. The van der Waals surface area contributed by atoms with Crippen molar-refractivity contribution in [3.05, 3.63) is 52.7 Å². The van der Waals surface area contributed by atoms with Crippen LogP contribution in [0.3, 0.4) is 0 Å². The maximum atomic E-state index is 5.01. The van der Waals surface area contributed by atoms with E-state index in [0.29, 0.717) is 0 Å². The third-order valence-corrected chi connectivity index (χ3v) is 4.00. The summed E-state index contributed by atoms with van der Waals surface area (Å²) in [6.45, 7) is 8.94. The number of pyridine rings is 1. The van der Waals surface area contributed by atoms with Crippen molar-refractivity contribution in [2.45, 2.75) is 53.4 Å². The normalized spacial score (nSPS) is 10.8. The predicted molar refractivity (Wildman–Crippen MR) is 87.1 cm³/mol. The van der Waals surface area contributed by atoms with Gasteiger partial charge in [0.1, 0.15) is 0 Å². The maximum Gasteiger partial charge on any atom is 0.0737 e. The molecule has 1 aromatic carbocycles. The fourth-order valence-corrected chi connectivity index (χ4v) is 2.81. The molecule has 0 aliphatic rings. The monoisotopic (exact) mass is 267 g/mol. The summed E-state index contributed by atoms with van der Waals surface area (Å²) < 4.78 is 0. The highest BCUT2D eigenvalue weighted by molar-refractivity contribution is 5.65. The first kappa shape index (κ1) is 14.8. The third-order valence-electron chi connectivity index (χ3n) is 4.00. The van der Waals surface area contributed by atoms with Gasteiger partial charge in [0.2, 0.25) is 0 Å². The lowest BCUT2D eigenvalue weighted by molar-refractivity contribution is 0.819. The molecule has 1 aromatic heterocycles. The van der Waals surface area contributed by atoms with Gasteiger partial charge in [-0.1, -0.05) is 57.0 Å². The SMILES string of the molecule is CCCc1nc(-c2ccccc2)c(C)c(C)c1CCC. The van der Waals surface area contributed by atoms with Crippen LogP contribution in [0.5, 0.6) is 0 Å². The van der Waals surface area contributed by atoms with Crippen molar-refractivity contribution >= 4 is 0 Å². The quantitative estimate of drug-likeness (QED) is 0.719. The Morgan fingerprint density at radius 2 is 1.50 bits per heavy atom. The summed E-state index contributed by atoms with van der Waals surface area (Å²) >= 11 is 0. The van der Waals surface area contributed by atoms with E-state index in [0.717, 1.165) is 25.0 Å². The fourth-order valence-electron chi connectivity index (χ4n) is 2.81. The van der Waals surface area contributed by atoms with Gasteiger partial charge in [-0.25, -0.2) is 0 Å². The van der Waals surface area contributed by atoms with E-state index in [4.69, 9.17) is 4.98 Å². The van der Waals surface area contributed by atoms with Gasteiger partial charge in [-0.15, -0.1) is 0 Å². The van der Waals surface area contributed by atoms with Crippen molar-refractivity contribution in [2.75, 3.05) is 0 Å². The van der Waals surface area contributed by atoms with Crippen LogP contribution in [0, 0.1) is 13.8 Å². The minimum absolute atomic E-state index is 1.08. The van der Waals surface area contributed by atoms with Gasteiger partial charge >= 0.3 is 0 Å². The van der Waals surface area contributed by atoms with Gasteiger partial charge < -0.3 is 0 Å². The van der Waals surface area contributed by atoms with Crippen molar-refractivity contribution in [1.29, 1.82) is 0 Å². The minimum Gasteiger partial charge on any atom is -0.252 e. The number of hydrogen-bond donors (Lipinski definition) is 0. The van der Waals surface area contributed by atoms with Crippen molar-refractivity contribution in [2.24, 2.45) is 0 Å². The van der Waals surface area contributed by atoms with Crippen LogP contribution in [0.1, 0.15) is 49.1 Å². The fraction of sp³-hybridized carbons (Fsp3) is 0.421. The topological polar surface area (TPSA) is 12.9 Å². The smallest absolute Gasteiger partial charge is 0.0737 e. The Bertz CT molecular complexity index is 570. The largest absolute Gasteiger partial charge is 0.252 e. The second-order valence-corrected chi connectivity index (χ2v) is 5.50. The molecular formula is C19H25N. The zero-order chi connectivity index (χ0) is 14.5. The lowest BCUT2D eigenvalue weighted by Gasteiger charge is -2.17. The number of aryl methyl sites for hydroxylation is 1. The van der Waals surface area contributed by atoms with Crippen molar-refractivity contribution in [1.82, 2.24) is 4.98 Å². The number of nitrogens with zero attached hydrogens (tertiary/aromatic N) is 1. The molecule has 0 unspecified atom stereocenters. The highest BCUT2D eigenvalue weighted by Crippen LogP contribution is 2.28. The van der Waals surface area contributed by atoms with Gasteiger partial charge in [-0.05, 0) is 43.4 Å². The third kappa shape index (κ3) is 2.92. The standard InChI is InChI=1S/C19H25N/c1-5-10-17-14(3)15(4)19(20-18(17)11-6-2)16-12-8-7-9-13-16/h7-9,12-13H,5-6,10-11H2,1-4H3. The Kier molecular flexibility index (Phi) is 4.94. The molecular weight excluding hydrogens is 242 g/mol. The predicted octanol–water partition coefficient (Wildman–Crippen LogP) is 5.27. The number of rotatable bonds is 5.